The van der Waals surface area contributed by atoms with E-state index in [0.717, 1.165) is 0 Å². The van der Waals surface area contributed by atoms with E-state index in [2.05, 4.69) is 4.72 Å². The number of ketones is 1. The number of carbonyl (C=O) groups excluding carboxylic acids is 1. The van der Waals surface area contributed by atoms with Crippen LogP contribution in [0.2, 0.25) is 0 Å². The van der Waals surface area contributed by atoms with E-state index in [0.29, 0.717) is 0 Å². The summed E-state index contributed by atoms with van der Waals surface area (Å²) in [5.74, 6) is 0.234. The van der Waals surface area contributed by atoms with Crippen LogP contribution in [0.1, 0.15) is 20.8 Å². The van der Waals surface area contributed by atoms with Crippen molar-refractivity contribution in [2.24, 2.45) is 5.41 Å². The molecular weight excluding hydrogens is 162 g/mol. The molecular formula is C7H13NO2S. The second-order valence-corrected chi connectivity index (χ2v) is 5.09. The van der Waals surface area contributed by atoms with E-state index in [4.69, 9.17) is 0 Å². The molecule has 1 rings (SSSR count). The lowest BCUT2D eigenvalue weighted by atomic mass is 9.85. The minimum Gasteiger partial charge on any atom is -0.297 e. The van der Waals surface area contributed by atoms with E-state index in [1.807, 2.05) is 20.8 Å². The van der Waals surface area contributed by atoms with Crippen molar-refractivity contribution < 1.29 is 9.00 Å². The Morgan fingerprint density at radius 2 is 2.09 bits per heavy atom. The molecule has 0 aliphatic carbocycles. The van der Waals surface area contributed by atoms with Gasteiger partial charge in [0.2, 0.25) is 0 Å². The molecule has 0 spiro atoms. The number of carbonyl (C=O) groups is 1. The first-order valence-electron chi connectivity index (χ1n) is 3.58. The van der Waals surface area contributed by atoms with Crippen molar-refractivity contribution >= 4 is 16.8 Å². The Morgan fingerprint density at radius 1 is 1.55 bits per heavy atom. The number of Topliss-reactive ketones (excluding diaryl/α,β-unsaturated/α-hetero) is 1. The van der Waals surface area contributed by atoms with E-state index < -0.39 is 11.0 Å². The first-order chi connectivity index (χ1) is 4.91. The number of hydrogen-bond acceptors (Lipinski definition) is 2. The summed E-state index contributed by atoms with van der Waals surface area (Å²) >= 11 is 0. The van der Waals surface area contributed by atoms with Gasteiger partial charge in [0.05, 0.1) is 22.8 Å². The zero-order chi connectivity index (χ0) is 8.65. The molecule has 4 heteroatoms. The average molecular weight is 175 g/mol. The zero-order valence-corrected chi connectivity index (χ0v) is 7.83. The van der Waals surface area contributed by atoms with E-state index in [-0.39, 0.29) is 23.0 Å². The van der Waals surface area contributed by atoms with Crippen molar-refractivity contribution in [3.63, 3.8) is 0 Å². The zero-order valence-electron chi connectivity index (χ0n) is 7.01. The fourth-order valence-corrected chi connectivity index (χ4v) is 2.37. The average Bonchev–Trinajstić information content (AvgIpc) is 2.08. The van der Waals surface area contributed by atoms with Crippen LogP contribution in [0.3, 0.4) is 0 Å². The van der Waals surface area contributed by atoms with Crippen LogP contribution in [0.5, 0.6) is 0 Å². The molecule has 64 valence electrons. The van der Waals surface area contributed by atoms with Crippen molar-refractivity contribution in [2.45, 2.75) is 26.8 Å². The number of rotatable bonds is 0. The molecule has 0 radical (unpaired) electrons. The molecule has 0 amide bonds. The van der Waals surface area contributed by atoms with Gasteiger partial charge in [-0.1, -0.05) is 20.8 Å². The van der Waals surface area contributed by atoms with Crippen molar-refractivity contribution in [3.8, 4) is 0 Å². The van der Waals surface area contributed by atoms with Gasteiger partial charge in [0.15, 0.2) is 5.78 Å². The van der Waals surface area contributed by atoms with E-state index in [9.17, 15) is 9.00 Å². The Labute approximate surface area is 69.1 Å². The maximum absolute atomic E-state index is 11.2. The van der Waals surface area contributed by atoms with E-state index in [1.54, 1.807) is 0 Å². The number of nitrogens with one attached hydrogen (secondary N) is 1. The third-order valence-corrected chi connectivity index (χ3v) is 2.76. The lowest BCUT2D eigenvalue weighted by molar-refractivity contribution is -0.119. The maximum atomic E-state index is 11.2. The van der Waals surface area contributed by atoms with Crippen LogP contribution >= 0.6 is 0 Å². The van der Waals surface area contributed by atoms with Crippen LogP contribution in [0.15, 0.2) is 0 Å². The molecule has 0 aromatic heterocycles. The van der Waals surface area contributed by atoms with Crippen LogP contribution in [-0.4, -0.2) is 21.8 Å². The predicted molar refractivity (Wildman–Crippen MR) is 44.4 cm³/mol. The Kier molecular flexibility index (Phi) is 2.16. The van der Waals surface area contributed by atoms with Gasteiger partial charge in [0, 0.05) is 0 Å². The monoisotopic (exact) mass is 175 g/mol. The minimum atomic E-state index is -1.13. The van der Waals surface area contributed by atoms with Gasteiger partial charge < -0.3 is 0 Å². The first-order valence-corrected chi connectivity index (χ1v) is 4.90. The molecule has 1 fully saturated rings. The third-order valence-electron chi connectivity index (χ3n) is 1.71. The van der Waals surface area contributed by atoms with E-state index >= 15 is 0 Å². The molecule has 1 saturated heterocycles. The summed E-state index contributed by atoms with van der Waals surface area (Å²) in [4.78, 5) is 11.2. The van der Waals surface area contributed by atoms with Crippen molar-refractivity contribution in [2.75, 3.05) is 5.75 Å². The summed E-state index contributed by atoms with van der Waals surface area (Å²) in [5.41, 5.74) is -0.122. The quantitative estimate of drug-likeness (QED) is 0.573. The summed E-state index contributed by atoms with van der Waals surface area (Å²) in [6.45, 7) is 5.89. The summed E-state index contributed by atoms with van der Waals surface area (Å²) in [5, 5.41) is 0. The summed E-state index contributed by atoms with van der Waals surface area (Å²) in [6, 6.07) is -0.233. The molecule has 1 N–H and O–H groups in total. The van der Waals surface area contributed by atoms with Gasteiger partial charge in [-0.3, -0.25) is 4.79 Å². The molecule has 0 aromatic rings. The molecule has 0 aromatic carbocycles. The molecule has 0 saturated carbocycles. The highest BCUT2D eigenvalue weighted by atomic mass is 32.2. The van der Waals surface area contributed by atoms with Crippen LogP contribution in [0.25, 0.3) is 0 Å². The van der Waals surface area contributed by atoms with Crippen LogP contribution < -0.4 is 4.72 Å². The topological polar surface area (TPSA) is 46.2 Å². The third kappa shape index (κ3) is 1.87. The molecule has 1 aliphatic heterocycles. The molecule has 11 heavy (non-hydrogen) atoms. The van der Waals surface area contributed by atoms with Gasteiger partial charge >= 0.3 is 0 Å². The van der Waals surface area contributed by atoms with Gasteiger partial charge in [-0.2, -0.15) is 0 Å². The molecule has 3 nitrogen and oxygen atoms in total. The normalized spacial score (nSPS) is 32.8. The summed E-state index contributed by atoms with van der Waals surface area (Å²) in [6.07, 6.45) is 0. The second-order valence-electron chi connectivity index (χ2n) is 3.87. The Morgan fingerprint density at radius 3 is 2.27 bits per heavy atom. The van der Waals surface area contributed by atoms with E-state index in [1.165, 1.54) is 0 Å². The van der Waals surface area contributed by atoms with Gasteiger partial charge in [0.25, 0.3) is 0 Å². The summed E-state index contributed by atoms with van der Waals surface area (Å²) < 4.78 is 13.7. The number of hydrogen-bond donors (Lipinski definition) is 1. The Balaban J connectivity index is 2.76. The highest BCUT2D eigenvalue weighted by Gasteiger charge is 2.37. The molecule has 2 unspecified atom stereocenters. The van der Waals surface area contributed by atoms with Crippen LogP contribution in [0, 0.1) is 5.41 Å². The van der Waals surface area contributed by atoms with Gasteiger partial charge in [0.1, 0.15) is 0 Å². The molecule has 1 heterocycles. The molecule has 2 atom stereocenters. The molecule has 1 aliphatic rings. The molecule has 0 bridgehead atoms. The smallest absolute Gasteiger partial charge is 0.165 e. The van der Waals surface area contributed by atoms with Gasteiger partial charge in [-0.15, -0.1) is 0 Å². The predicted octanol–water partition coefficient (Wildman–Crippen LogP) is 0.237. The highest BCUT2D eigenvalue weighted by Crippen LogP contribution is 2.23. The fraction of sp³-hybridized carbons (Fsp3) is 0.857. The largest absolute Gasteiger partial charge is 0.297 e. The fourth-order valence-electron chi connectivity index (χ4n) is 1.11. The van der Waals surface area contributed by atoms with Crippen molar-refractivity contribution in [1.29, 1.82) is 0 Å². The SMILES string of the molecule is CC(C)(C)C1NS(=O)CC1=O. The lowest BCUT2D eigenvalue weighted by Gasteiger charge is -2.24. The van der Waals surface area contributed by atoms with Gasteiger partial charge in [-0.25, -0.2) is 8.93 Å². The Hall–Kier alpha value is -0.220. The van der Waals surface area contributed by atoms with Gasteiger partial charge in [-0.05, 0) is 5.41 Å². The van der Waals surface area contributed by atoms with Crippen molar-refractivity contribution in [3.05, 3.63) is 0 Å². The second kappa shape index (κ2) is 2.68. The maximum Gasteiger partial charge on any atom is 0.165 e. The minimum absolute atomic E-state index is 0.0656. The van der Waals surface area contributed by atoms with Crippen LogP contribution in [0.4, 0.5) is 0 Å². The standard InChI is InChI=1S/C7H13NO2S/c1-7(2,3)6-5(9)4-11(10)8-6/h6,8H,4H2,1-3H3. The Bertz CT molecular complexity index is 207. The highest BCUT2D eigenvalue weighted by molar-refractivity contribution is 7.84. The van der Waals surface area contributed by atoms with Crippen molar-refractivity contribution in [1.82, 2.24) is 4.72 Å². The lowest BCUT2D eigenvalue weighted by Crippen LogP contribution is -2.39. The van der Waals surface area contributed by atoms with Crippen LogP contribution in [-0.2, 0) is 15.8 Å². The summed E-state index contributed by atoms with van der Waals surface area (Å²) in [7, 11) is -1.13. The first kappa shape index (κ1) is 8.87.